The Hall–Kier alpha value is -9.88. The zero-order valence-corrected chi connectivity index (χ0v) is 70.2. The van der Waals surface area contributed by atoms with Crippen LogP contribution in [0, 0.1) is 23.2 Å². The second kappa shape index (κ2) is 39.3. The fourth-order valence-corrected chi connectivity index (χ4v) is 16.4. The van der Waals surface area contributed by atoms with Gasteiger partial charge in [0.2, 0.25) is 47.5 Å². The molecule has 0 saturated carbocycles. The van der Waals surface area contributed by atoms with Gasteiger partial charge in [0.05, 0.1) is 52.8 Å². The number of amides is 6. The fraction of sp³-hybridized carbons (Fsp3) is 0.412. The van der Waals surface area contributed by atoms with Crippen LogP contribution in [-0.4, -0.2) is 191 Å². The number of fused-ring (bicyclic) bond motifs is 15. The molecule has 654 valence electrons. The molecule has 7 aromatic rings. The second-order valence-corrected chi connectivity index (χ2v) is 34.5. The Balaban J connectivity index is 0.00000123. The van der Waals surface area contributed by atoms with Crippen LogP contribution in [0.15, 0.2) is 127 Å². The van der Waals surface area contributed by atoms with E-state index >= 15 is 19.2 Å². The van der Waals surface area contributed by atoms with Crippen LogP contribution in [0.4, 0.5) is 0 Å². The lowest BCUT2D eigenvalue weighted by Crippen LogP contribution is -2.62. The molecule has 0 aromatic heterocycles. The Morgan fingerprint density at radius 3 is 1.89 bits per heavy atom. The molecule has 0 aliphatic carbocycles. The van der Waals surface area contributed by atoms with Crippen molar-refractivity contribution in [2.75, 3.05) is 27.0 Å². The molecule has 6 amide bonds. The number of carbonyl (C=O) groups is 8. The van der Waals surface area contributed by atoms with E-state index in [1.54, 1.807) is 26.1 Å². The maximum Gasteiger partial charge on any atom is 0.344 e. The molecular weight excluding hydrogens is 1670 g/mol. The summed E-state index contributed by atoms with van der Waals surface area (Å²) in [6.45, 7) is 8.05. The quantitative estimate of drug-likeness (QED) is 0.0373. The summed E-state index contributed by atoms with van der Waals surface area (Å²) in [5.74, 6) is -17.4. The highest BCUT2D eigenvalue weighted by molar-refractivity contribution is 7.51. The van der Waals surface area contributed by atoms with Crippen molar-refractivity contribution >= 4 is 89.4 Å². The SMILES string of the molecule is CC1C(=O)CC(CC(N)=O)C(=O)NC2C(=O)CC3C(=O)NC(C(=O)NC(C(=O)NCP(=O)(O)O)c4cc(O)cc(O)c4-c4cc3ccc4O)C(O)c3ccc(c(Cl)c3)Oc3cc2cc(c3O[C@@H]2O[C@H](CO)[C@@H](O)[C@H](O)[C@H]2O[C@H]2C[C@](C)(CCc3ccc(-c4ccc(Cl)cc4)cc3)[C@H](O)[C@H](C)O2)Oc2ccc(cc2Cl)C1O.CNC(=O)C(CC(C)C)NC. The van der Waals surface area contributed by atoms with E-state index in [0.29, 0.717) is 23.8 Å². The van der Waals surface area contributed by atoms with Crippen LogP contribution in [0.1, 0.15) is 137 Å². The summed E-state index contributed by atoms with van der Waals surface area (Å²) in [6.07, 6.45) is -19.0. The van der Waals surface area contributed by atoms with Crippen molar-refractivity contribution in [1.29, 1.82) is 0 Å². The number of ketones is 2. The molecular formula is C85H97Cl3N7O26P. The molecule has 7 aliphatic rings. The minimum absolute atomic E-state index is 0.0417. The van der Waals surface area contributed by atoms with Gasteiger partial charge in [0, 0.05) is 66.3 Å². The molecule has 2 fully saturated rings. The lowest BCUT2D eigenvalue weighted by atomic mass is 9.72. The smallest absolute Gasteiger partial charge is 0.344 e. The number of hydrogen-bond acceptors (Lipinski definition) is 25. The van der Waals surface area contributed by atoms with Crippen LogP contribution in [-0.2, 0) is 63.6 Å². The standard InChI is InChI=1S/C77H79Cl3N5O25P.C8H18N2O/c1-33-51(89)23-42(26-59(81)92)72(98)83-62-41-24-56(106-54-16-11-39(65(33)93)21-48(54)79)69(110-76-70(68(96)67(95)58(31-86)108-76)109-60-30-77(3,71(97)34(2)105-60)19-18-35-4-6-36(7-5-35)37-8-13-43(78)14-9-37)57(25-41)107-55-17-12-40(22-49(55)80)66(94)64-75(101)84-63(74(100)82-32-111(102,103)104)47-27-44(87)28-52(90)61(47)46-20-38(10-15-50(46)88)45(29-53(62)91)73(99)85-64;1-6(2)5-7(9-3)8(11)10-4/h4-17,20-22,24-25,27-28,33-34,42,45,58,60,62-68,70-71,76,86-88,90,93-97H,18-19,23,26,29-32H2,1-3H3,(H2,81,92)(H,82,100)(H,83,98)(H,84,101)(H,85,99)(H2,102,103,104);6-7,9H,5H2,1-4H3,(H,10,11)/t33?,34-,42?,45?,58+,60-,62?,63?,64?,65?,66?,67+,68-,70+,71+,76-,77-;/m0./s1. The first-order valence-electron chi connectivity index (χ1n) is 39.1. The first-order valence-corrected chi connectivity index (χ1v) is 42.1. The summed E-state index contributed by atoms with van der Waals surface area (Å²) in [5.41, 5.74) is 5.23. The van der Waals surface area contributed by atoms with Gasteiger partial charge < -0.3 is 122 Å². The third kappa shape index (κ3) is 21.6. The molecule has 33 nitrogen and oxygen atoms in total. The molecule has 7 heterocycles. The van der Waals surface area contributed by atoms with E-state index in [9.17, 15) is 79.5 Å². The lowest BCUT2D eigenvalue weighted by Gasteiger charge is -2.48. The molecule has 11 bridgehead atoms. The van der Waals surface area contributed by atoms with Gasteiger partial charge in [-0.25, -0.2) is 0 Å². The van der Waals surface area contributed by atoms with Crippen molar-refractivity contribution in [3.63, 3.8) is 0 Å². The Morgan fingerprint density at radius 1 is 0.689 bits per heavy atom. The van der Waals surface area contributed by atoms with Crippen LogP contribution >= 0.6 is 42.4 Å². The average molecular weight is 1770 g/mol. The number of phenols is 3. The highest BCUT2D eigenvalue weighted by atomic mass is 35.5. The van der Waals surface area contributed by atoms with E-state index in [1.807, 2.05) is 55.7 Å². The van der Waals surface area contributed by atoms with E-state index in [2.05, 4.69) is 40.4 Å². The predicted octanol–water partition coefficient (Wildman–Crippen LogP) is 7.37. The average Bonchev–Trinajstić information content (AvgIpc) is 0.781. The van der Waals surface area contributed by atoms with Crippen LogP contribution in [0.25, 0.3) is 22.3 Å². The van der Waals surface area contributed by atoms with Crippen molar-refractivity contribution in [2.24, 2.45) is 28.9 Å². The summed E-state index contributed by atoms with van der Waals surface area (Å²) < 4.78 is 51.7. The molecule has 122 heavy (non-hydrogen) atoms. The molecule has 2 saturated heterocycles. The third-order valence-corrected chi connectivity index (χ3v) is 23.7. The topological polar surface area (TPSA) is 530 Å². The number of Topliss-reactive ketones (excluding diaryl/α,β-unsaturated/α-hetero) is 2. The van der Waals surface area contributed by atoms with Gasteiger partial charge in [0.15, 0.2) is 29.7 Å². The number of aromatic hydroxyl groups is 3. The van der Waals surface area contributed by atoms with E-state index < -0.39 is 240 Å². The van der Waals surface area contributed by atoms with Crippen LogP contribution in [0.5, 0.6) is 46.0 Å². The first kappa shape index (κ1) is 92.8. The summed E-state index contributed by atoms with van der Waals surface area (Å²) >= 11 is 20.4. The molecule has 19 N–H and O–H groups in total. The molecule has 18 atom stereocenters. The molecule has 0 spiro atoms. The number of aliphatic hydroxyl groups excluding tert-OH is 6. The number of phenolic OH excluding ortho intramolecular Hbond substituents is 3. The lowest BCUT2D eigenvalue weighted by molar-refractivity contribution is -0.339. The Labute approximate surface area is 715 Å². The highest BCUT2D eigenvalue weighted by Crippen LogP contribution is 2.52. The number of halogens is 3. The Bertz CT molecular complexity index is 5120. The summed E-state index contributed by atoms with van der Waals surface area (Å²) in [6, 6.07) is 22.9. The second-order valence-electron chi connectivity index (χ2n) is 31.6. The maximum absolute atomic E-state index is 16.2. The predicted molar refractivity (Wildman–Crippen MR) is 441 cm³/mol. The van der Waals surface area contributed by atoms with Gasteiger partial charge in [-0.3, -0.25) is 42.9 Å². The molecule has 37 heteroatoms. The van der Waals surface area contributed by atoms with Gasteiger partial charge in [-0.15, -0.1) is 0 Å². The molecule has 7 aliphatic heterocycles. The first-order chi connectivity index (χ1) is 57.7. The van der Waals surface area contributed by atoms with Crippen molar-refractivity contribution in [1.82, 2.24) is 31.9 Å². The monoisotopic (exact) mass is 1770 g/mol. The summed E-state index contributed by atoms with van der Waals surface area (Å²) in [4.78, 5) is 135. The van der Waals surface area contributed by atoms with Crippen LogP contribution < -0.4 is 51.8 Å². The molecule has 0 radical (unpaired) electrons. The number of aliphatic hydroxyl groups is 6. The third-order valence-electron chi connectivity index (χ3n) is 22.3. The fourth-order valence-electron chi connectivity index (χ4n) is 15.5. The van der Waals surface area contributed by atoms with Crippen LogP contribution in [0.2, 0.25) is 15.1 Å². The normalized spacial score (nSPS) is 26.5. The summed E-state index contributed by atoms with van der Waals surface area (Å²) in [5, 5.41) is 120. The van der Waals surface area contributed by atoms with Crippen molar-refractivity contribution < 1.29 is 127 Å². The molecule has 9 unspecified atom stereocenters. The van der Waals surface area contributed by atoms with E-state index in [4.69, 9.17) is 69.0 Å². The van der Waals surface area contributed by atoms with E-state index in [0.717, 1.165) is 83.8 Å². The number of nitrogens with one attached hydrogen (secondary N) is 6. The highest BCUT2D eigenvalue weighted by Gasteiger charge is 2.52. The van der Waals surface area contributed by atoms with Crippen molar-refractivity contribution in [3.05, 3.63) is 176 Å². The van der Waals surface area contributed by atoms with Gasteiger partial charge in [-0.05, 0) is 150 Å². The van der Waals surface area contributed by atoms with E-state index in [1.165, 1.54) is 25.1 Å². The van der Waals surface area contributed by atoms with Gasteiger partial charge in [-0.2, -0.15) is 0 Å². The maximum atomic E-state index is 16.2. The molecule has 7 aromatic carbocycles. The van der Waals surface area contributed by atoms with Gasteiger partial charge >= 0.3 is 7.60 Å². The Morgan fingerprint density at radius 2 is 1.30 bits per heavy atom. The van der Waals surface area contributed by atoms with Gasteiger partial charge in [0.25, 0.3) is 0 Å². The Kier molecular flexibility index (Phi) is 29.9. The number of carbonyl (C=O) groups excluding carboxylic acids is 8. The van der Waals surface area contributed by atoms with Crippen molar-refractivity contribution in [2.45, 2.75) is 171 Å². The van der Waals surface area contributed by atoms with Gasteiger partial charge in [0.1, 0.15) is 83.4 Å². The number of ether oxygens (including phenoxy) is 6. The number of hydrogen-bond donors (Lipinski definition) is 18. The minimum atomic E-state index is -5.08. The zero-order chi connectivity index (χ0) is 88.8. The van der Waals surface area contributed by atoms with E-state index in [-0.39, 0.29) is 57.1 Å². The van der Waals surface area contributed by atoms with Crippen molar-refractivity contribution in [3.8, 4) is 68.2 Å². The summed E-state index contributed by atoms with van der Waals surface area (Å²) in [7, 11) is -1.61. The minimum Gasteiger partial charge on any atom is -0.508 e. The number of likely N-dealkylation sites (N-methyl/N-ethyl adjacent to an activating group) is 2. The zero-order valence-electron chi connectivity index (χ0n) is 67.1. The number of nitrogens with two attached hydrogens (primary N) is 1. The number of primary amides is 1. The van der Waals surface area contributed by atoms with Crippen LogP contribution in [0.3, 0.4) is 0 Å². The largest absolute Gasteiger partial charge is 0.508 e. The number of aryl methyl sites for hydroxylation is 1. The number of rotatable bonds is 18. The molecule has 14 rings (SSSR count). The van der Waals surface area contributed by atoms with Gasteiger partial charge in [-0.1, -0.05) is 117 Å². The number of benzene rings is 7.